The van der Waals surface area contributed by atoms with Gasteiger partial charge in [0.2, 0.25) is 10.0 Å². The second-order valence-corrected chi connectivity index (χ2v) is 6.35. The lowest BCUT2D eigenvalue weighted by molar-refractivity contribution is 0.100. The molecule has 0 bridgehead atoms. The first-order valence-electron chi connectivity index (χ1n) is 5.43. The number of carbonyl (C=O) groups is 1. The summed E-state index contributed by atoms with van der Waals surface area (Å²) in [5.74, 6) is -0.404. The third kappa shape index (κ3) is 4.07. The fraction of sp³-hybridized carbons (Fsp3) is 0.400. The molecule has 5 N–H and O–H groups in total. The average molecular weight is 287 g/mol. The summed E-state index contributed by atoms with van der Waals surface area (Å²) in [5.41, 5.74) is 11.0. The first-order chi connectivity index (χ1) is 8.74. The molecule has 0 unspecified atom stereocenters. The Morgan fingerprint density at radius 2 is 2.11 bits per heavy atom. The van der Waals surface area contributed by atoms with E-state index in [0.29, 0.717) is 5.82 Å². The lowest BCUT2D eigenvalue weighted by atomic mass is 10.2. The molecule has 0 aliphatic rings. The maximum absolute atomic E-state index is 11.5. The van der Waals surface area contributed by atoms with E-state index in [1.54, 1.807) is 0 Å². The van der Waals surface area contributed by atoms with E-state index >= 15 is 0 Å². The molecule has 0 spiro atoms. The van der Waals surface area contributed by atoms with Gasteiger partial charge in [-0.05, 0) is 6.07 Å². The molecular formula is C10H17N5O3S. The Hall–Kier alpha value is -1.87. The van der Waals surface area contributed by atoms with E-state index in [4.69, 9.17) is 11.5 Å². The normalized spacial score (nSPS) is 11.5. The number of rotatable bonds is 6. The van der Waals surface area contributed by atoms with E-state index in [2.05, 4.69) is 10.3 Å². The van der Waals surface area contributed by atoms with Gasteiger partial charge in [-0.2, -0.15) is 0 Å². The molecule has 1 amide bonds. The van der Waals surface area contributed by atoms with Crippen molar-refractivity contribution in [3.05, 3.63) is 17.8 Å². The van der Waals surface area contributed by atoms with Crippen LogP contribution < -0.4 is 16.8 Å². The van der Waals surface area contributed by atoms with Crippen LogP contribution >= 0.6 is 0 Å². The number of aromatic nitrogens is 1. The van der Waals surface area contributed by atoms with Crippen LogP contribution in [0.1, 0.15) is 10.4 Å². The molecule has 0 saturated heterocycles. The van der Waals surface area contributed by atoms with Gasteiger partial charge >= 0.3 is 0 Å². The Morgan fingerprint density at radius 1 is 1.47 bits per heavy atom. The molecule has 1 aromatic heterocycles. The largest absolute Gasteiger partial charge is 0.397 e. The Labute approximate surface area is 111 Å². The Bertz CT molecular complexity index is 571. The number of nitrogens with one attached hydrogen (secondary N) is 1. The number of nitrogen functional groups attached to an aromatic ring is 1. The minimum Gasteiger partial charge on any atom is -0.397 e. The van der Waals surface area contributed by atoms with Crippen molar-refractivity contribution in [2.75, 3.05) is 37.4 Å². The zero-order valence-corrected chi connectivity index (χ0v) is 11.6. The summed E-state index contributed by atoms with van der Waals surface area (Å²) >= 11 is 0. The van der Waals surface area contributed by atoms with Gasteiger partial charge in [-0.15, -0.1) is 0 Å². The van der Waals surface area contributed by atoms with Gasteiger partial charge in [-0.3, -0.25) is 4.79 Å². The summed E-state index contributed by atoms with van der Waals surface area (Å²) in [6.07, 6.45) is 1.29. The van der Waals surface area contributed by atoms with Crippen molar-refractivity contribution in [3.8, 4) is 0 Å². The number of anilines is 2. The van der Waals surface area contributed by atoms with Crippen molar-refractivity contribution >= 4 is 27.4 Å². The van der Waals surface area contributed by atoms with Gasteiger partial charge in [0.15, 0.2) is 0 Å². The third-order valence-corrected chi connectivity index (χ3v) is 4.26. The average Bonchev–Trinajstić information content (AvgIpc) is 2.30. The van der Waals surface area contributed by atoms with Crippen molar-refractivity contribution in [1.82, 2.24) is 9.29 Å². The van der Waals surface area contributed by atoms with Crippen LogP contribution in [0.25, 0.3) is 0 Å². The first-order valence-corrected chi connectivity index (χ1v) is 7.04. The van der Waals surface area contributed by atoms with E-state index in [1.165, 1.54) is 26.4 Å². The van der Waals surface area contributed by atoms with Crippen LogP contribution in [0.4, 0.5) is 11.5 Å². The molecule has 0 radical (unpaired) electrons. The van der Waals surface area contributed by atoms with E-state index in [-0.39, 0.29) is 23.5 Å². The zero-order valence-electron chi connectivity index (χ0n) is 10.8. The fourth-order valence-corrected chi connectivity index (χ4v) is 1.99. The molecule has 0 aliphatic heterocycles. The van der Waals surface area contributed by atoms with Crippen molar-refractivity contribution in [2.45, 2.75) is 0 Å². The van der Waals surface area contributed by atoms with Crippen LogP contribution in [0.5, 0.6) is 0 Å². The van der Waals surface area contributed by atoms with Gasteiger partial charge < -0.3 is 16.8 Å². The number of hydrogen-bond acceptors (Lipinski definition) is 6. The smallest absolute Gasteiger partial charge is 0.250 e. The number of amides is 1. The van der Waals surface area contributed by atoms with Gasteiger partial charge in [0, 0.05) is 20.6 Å². The monoisotopic (exact) mass is 287 g/mol. The predicted octanol–water partition coefficient (Wildman–Crippen LogP) is -0.934. The van der Waals surface area contributed by atoms with E-state index in [0.717, 1.165) is 4.31 Å². The van der Waals surface area contributed by atoms with Crippen molar-refractivity contribution < 1.29 is 13.2 Å². The third-order valence-electron chi connectivity index (χ3n) is 2.42. The molecule has 0 aromatic carbocycles. The lowest BCUT2D eigenvalue weighted by Gasteiger charge is -2.12. The number of carbonyl (C=O) groups excluding carboxylic acids is 1. The Morgan fingerprint density at radius 3 is 2.63 bits per heavy atom. The van der Waals surface area contributed by atoms with E-state index < -0.39 is 15.9 Å². The first kappa shape index (κ1) is 15.2. The summed E-state index contributed by atoms with van der Waals surface area (Å²) in [6, 6.07) is 1.39. The number of hydrogen-bond donors (Lipinski definition) is 3. The highest BCUT2D eigenvalue weighted by Gasteiger charge is 2.13. The predicted molar refractivity (Wildman–Crippen MR) is 73.1 cm³/mol. The minimum absolute atomic E-state index is 0.0854. The highest BCUT2D eigenvalue weighted by molar-refractivity contribution is 7.89. The van der Waals surface area contributed by atoms with Crippen LogP contribution in [0.3, 0.4) is 0 Å². The molecule has 0 atom stereocenters. The van der Waals surface area contributed by atoms with Crippen LogP contribution in [0, 0.1) is 0 Å². The van der Waals surface area contributed by atoms with Crippen LogP contribution in [-0.4, -0.2) is 50.0 Å². The number of pyridine rings is 1. The van der Waals surface area contributed by atoms with Crippen LogP contribution in [-0.2, 0) is 10.0 Å². The second-order valence-electron chi connectivity index (χ2n) is 4.05. The number of nitrogens with zero attached hydrogens (tertiary/aromatic N) is 2. The Kier molecular flexibility index (Phi) is 4.67. The minimum atomic E-state index is -3.28. The summed E-state index contributed by atoms with van der Waals surface area (Å²) in [4.78, 5) is 15.0. The Balaban J connectivity index is 2.70. The molecule has 106 valence electrons. The molecule has 19 heavy (non-hydrogen) atoms. The number of sulfonamides is 1. The van der Waals surface area contributed by atoms with Gasteiger partial charge in [-0.25, -0.2) is 17.7 Å². The molecule has 1 heterocycles. The molecule has 0 fully saturated rings. The van der Waals surface area contributed by atoms with Gasteiger partial charge in [0.1, 0.15) is 5.82 Å². The summed E-state index contributed by atoms with van der Waals surface area (Å²) in [7, 11) is -0.356. The van der Waals surface area contributed by atoms with Crippen molar-refractivity contribution in [2.24, 2.45) is 5.73 Å². The highest BCUT2D eigenvalue weighted by Crippen LogP contribution is 2.13. The quantitative estimate of drug-likeness (QED) is 0.619. The standard InChI is InChI=1S/C10H17N5O3S/c1-15(2)19(17,18)4-3-13-9-5-7(10(12)16)8(11)6-14-9/h5-6H,3-4,11H2,1-2H3,(H2,12,16)(H,13,14). The van der Waals surface area contributed by atoms with Gasteiger partial charge in [0.25, 0.3) is 5.91 Å². The fourth-order valence-electron chi connectivity index (χ4n) is 1.27. The molecule has 1 aromatic rings. The molecule has 8 nitrogen and oxygen atoms in total. The van der Waals surface area contributed by atoms with Crippen molar-refractivity contribution in [1.29, 1.82) is 0 Å². The summed E-state index contributed by atoms with van der Waals surface area (Å²) in [5, 5.41) is 2.80. The molecule has 0 aliphatic carbocycles. The topological polar surface area (TPSA) is 131 Å². The SMILES string of the molecule is CN(C)S(=O)(=O)CCNc1cc(C(N)=O)c(N)cn1. The number of nitrogens with two attached hydrogens (primary N) is 2. The molecular weight excluding hydrogens is 270 g/mol. The maximum atomic E-state index is 11.5. The van der Waals surface area contributed by atoms with Crippen LogP contribution in [0.2, 0.25) is 0 Å². The van der Waals surface area contributed by atoms with Crippen molar-refractivity contribution in [3.63, 3.8) is 0 Å². The molecule has 1 rings (SSSR count). The lowest BCUT2D eigenvalue weighted by Crippen LogP contribution is -2.28. The van der Waals surface area contributed by atoms with Gasteiger partial charge in [-0.1, -0.05) is 0 Å². The molecule has 0 saturated carbocycles. The van der Waals surface area contributed by atoms with Gasteiger partial charge in [0.05, 0.1) is 23.2 Å². The second kappa shape index (κ2) is 5.85. The van der Waals surface area contributed by atoms with Crippen LogP contribution in [0.15, 0.2) is 12.3 Å². The van der Waals surface area contributed by atoms with E-state index in [1.807, 2.05) is 0 Å². The summed E-state index contributed by atoms with van der Waals surface area (Å²) < 4.78 is 24.2. The highest BCUT2D eigenvalue weighted by atomic mass is 32.2. The number of primary amides is 1. The molecule has 9 heteroatoms. The zero-order chi connectivity index (χ0) is 14.6. The maximum Gasteiger partial charge on any atom is 0.250 e. The van der Waals surface area contributed by atoms with E-state index in [9.17, 15) is 13.2 Å². The summed E-state index contributed by atoms with van der Waals surface area (Å²) in [6.45, 7) is 0.162.